The molecule has 3 heteroatoms. The van der Waals surface area contributed by atoms with Gasteiger partial charge in [0.1, 0.15) is 0 Å². The van der Waals surface area contributed by atoms with E-state index in [9.17, 15) is 0 Å². The van der Waals surface area contributed by atoms with E-state index < -0.39 is 0 Å². The minimum Gasteiger partial charge on any atom is -0.326 e. The molecule has 1 aromatic heterocycles. The fourth-order valence-electron chi connectivity index (χ4n) is 3.02. The van der Waals surface area contributed by atoms with Crippen LogP contribution < -0.4 is 5.73 Å². The van der Waals surface area contributed by atoms with E-state index >= 15 is 0 Å². The topological polar surface area (TPSA) is 29.3 Å². The molecule has 0 amide bonds. The largest absolute Gasteiger partial charge is 0.326 e. The highest BCUT2D eigenvalue weighted by Crippen LogP contribution is 2.33. The minimum atomic E-state index is 0.209. The lowest BCUT2D eigenvalue weighted by Crippen LogP contribution is -2.43. The lowest BCUT2D eigenvalue weighted by molar-refractivity contribution is 0.119. The van der Waals surface area contributed by atoms with Crippen LogP contribution in [0.2, 0.25) is 0 Å². The lowest BCUT2D eigenvalue weighted by Gasteiger charge is -2.38. The molecular formula is C15H26N2S. The smallest absolute Gasteiger partial charge is 0.0590 e. The SMILES string of the molecule is CCC1CCN(C(c2ccc(C)s2)C(C)N)CC1. The third-order valence-electron chi connectivity index (χ3n) is 4.17. The summed E-state index contributed by atoms with van der Waals surface area (Å²) in [6.45, 7) is 9.05. The Hall–Kier alpha value is -0.380. The van der Waals surface area contributed by atoms with E-state index in [1.165, 1.54) is 42.1 Å². The average molecular weight is 266 g/mol. The number of aryl methyl sites for hydroxylation is 1. The van der Waals surface area contributed by atoms with Gasteiger partial charge in [-0.3, -0.25) is 4.90 Å². The van der Waals surface area contributed by atoms with E-state index in [2.05, 4.69) is 37.8 Å². The van der Waals surface area contributed by atoms with Gasteiger partial charge in [-0.05, 0) is 57.8 Å². The second-order valence-corrected chi connectivity index (χ2v) is 6.96. The highest BCUT2D eigenvalue weighted by Gasteiger charge is 2.28. The van der Waals surface area contributed by atoms with Gasteiger partial charge in [-0.2, -0.15) is 0 Å². The maximum atomic E-state index is 6.24. The van der Waals surface area contributed by atoms with Gasteiger partial charge in [0, 0.05) is 15.8 Å². The quantitative estimate of drug-likeness (QED) is 0.903. The van der Waals surface area contributed by atoms with Crippen LogP contribution in [0.4, 0.5) is 0 Å². The van der Waals surface area contributed by atoms with Gasteiger partial charge >= 0.3 is 0 Å². The molecule has 0 radical (unpaired) electrons. The van der Waals surface area contributed by atoms with Crippen molar-refractivity contribution in [3.05, 3.63) is 21.9 Å². The summed E-state index contributed by atoms with van der Waals surface area (Å²) in [5.74, 6) is 0.931. The Morgan fingerprint density at radius 2 is 2.06 bits per heavy atom. The molecule has 1 saturated heterocycles. The zero-order chi connectivity index (χ0) is 13.1. The molecule has 0 saturated carbocycles. The molecule has 2 nitrogen and oxygen atoms in total. The Morgan fingerprint density at radius 1 is 1.39 bits per heavy atom. The third kappa shape index (κ3) is 3.14. The van der Waals surface area contributed by atoms with E-state index in [-0.39, 0.29) is 6.04 Å². The zero-order valence-corrected chi connectivity index (χ0v) is 12.7. The molecule has 2 atom stereocenters. The van der Waals surface area contributed by atoms with E-state index in [0.29, 0.717) is 6.04 Å². The Kier molecular flexibility index (Phi) is 4.82. The van der Waals surface area contributed by atoms with E-state index in [1.807, 2.05) is 11.3 Å². The van der Waals surface area contributed by atoms with Crippen molar-refractivity contribution in [3.8, 4) is 0 Å². The van der Waals surface area contributed by atoms with Crippen molar-refractivity contribution in [2.24, 2.45) is 11.7 Å². The van der Waals surface area contributed by atoms with Gasteiger partial charge in [0.25, 0.3) is 0 Å². The fourth-order valence-corrected chi connectivity index (χ4v) is 4.15. The Balaban J connectivity index is 2.07. The molecule has 102 valence electrons. The van der Waals surface area contributed by atoms with Crippen molar-refractivity contribution in [1.82, 2.24) is 4.90 Å². The summed E-state index contributed by atoms with van der Waals surface area (Å²) < 4.78 is 0. The summed E-state index contributed by atoms with van der Waals surface area (Å²) in [5.41, 5.74) is 6.24. The molecule has 2 heterocycles. The van der Waals surface area contributed by atoms with Crippen LogP contribution in [0.5, 0.6) is 0 Å². The average Bonchev–Trinajstić information content (AvgIpc) is 2.76. The first-order valence-electron chi connectivity index (χ1n) is 7.17. The molecule has 0 aliphatic carbocycles. The first-order valence-corrected chi connectivity index (χ1v) is 7.99. The number of nitrogens with two attached hydrogens (primary N) is 1. The second kappa shape index (κ2) is 6.18. The maximum absolute atomic E-state index is 6.24. The van der Waals surface area contributed by atoms with Crippen LogP contribution in [-0.4, -0.2) is 24.0 Å². The summed E-state index contributed by atoms with van der Waals surface area (Å²) in [7, 11) is 0. The van der Waals surface area contributed by atoms with Gasteiger partial charge in [0.2, 0.25) is 0 Å². The normalized spacial score (nSPS) is 22.0. The van der Waals surface area contributed by atoms with Crippen molar-refractivity contribution >= 4 is 11.3 Å². The number of piperidine rings is 1. The number of hydrogen-bond donors (Lipinski definition) is 1. The van der Waals surface area contributed by atoms with Crippen LogP contribution in [0.1, 0.15) is 48.9 Å². The molecule has 2 N–H and O–H groups in total. The molecule has 1 aromatic rings. The number of likely N-dealkylation sites (tertiary alicyclic amines) is 1. The van der Waals surface area contributed by atoms with Gasteiger partial charge in [-0.25, -0.2) is 0 Å². The summed E-state index contributed by atoms with van der Waals surface area (Å²) in [6, 6.07) is 5.11. The van der Waals surface area contributed by atoms with Crippen LogP contribution in [0.3, 0.4) is 0 Å². The van der Waals surface area contributed by atoms with E-state index in [1.54, 1.807) is 0 Å². The zero-order valence-electron chi connectivity index (χ0n) is 11.9. The van der Waals surface area contributed by atoms with Gasteiger partial charge in [0.15, 0.2) is 0 Å². The number of thiophene rings is 1. The van der Waals surface area contributed by atoms with Gasteiger partial charge in [-0.1, -0.05) is 13.3 Å². The van der Waals surface area contributed by atoms with Gasteiger partial charge in [0.05, 0.1) is 6.04 Å². The molecule has 1 aliphatic rings. The first kappa shape index (κ1) is 14.0. The summed E-state index contributed by atoms with van der Waals surface area (Å²) in [5, 5.41) is 0. The molecule has 2 unspecified atom stereocenters. The first-order chi connectivity index (χ1) is 8.61. The highest BCUT2D eigenvalue weighted by molar-refractivity contribution is 7.12. The molecule has 1 aliphatic heterocycles. The molecule has 0 aromatic carbocycles. The molecule has 18 heavy (non-hydrogen) atoms. The molecule has 2 rings (SSSR count). The van der Waals surface area contributed by atoms with E-state index in [4.69, 9.17) is 5.73 Å². The maximum Gasteiger partial charge on any atom is 0.0590 e. The number of nitrogens with zero attached hydrogens (tertiary/aromatic N) is 1. The summed E-state index contributed by atoms with van der Waals surface area (Å²) in [4.78, 5) is 5.43. The summed E-state index contributed by atoms with van der Waals surface area (Å²) in [6.07, 6.45) is 4.00. The standard InChI is InChI=1S/C15H26N2S/c1-4-13-7-9-17(10-8-13)15(12(3)16)14-6-5-11(2)18-14/h5-6,12-13,15H,4,7-10,16H2,1-3H3. The Labute approximate surface area is 115 Å². The van der Waals surface area contributed by atoms with Crippen molar-refractivity contribution in [2.45, 2.75) is 52.1 Å². The lowest BCUT2D eigenvalue weighted by atomic mass is 9.92. The summed E-state index contributed by atoms with van der Waals surface area (Å²) >= 11 is 1.90. The molecule has 0 bridgehead atoms. The van der Waals surface area contributed by atoms with Gasteiger partial charge < -0.3 is 5.73 Å². The van der Waals surface area contributed by atoms with Crippen LogP contribution in [0, 0.1) is 12.8 Å². The predicted molar refractivity (Wildman–Crippen MR) is 80.0 cm³/mol. The van der Waals surface area contributed by atoms with Crippen LogP contribution in [0.15, 0.2) is 12.1 Å². The predicted octanol–water partition coefficient (Wildman–Crippen LogP) is 3.57. The van der Waals surface area contributed by atoms with Gasteiger partial charge in [-0.15, -0.1) is 11.3 Å². The number of hydrogen-bond acceptors (Lipinski definition) is 3. The highest BCUT2D eigenvalue weighted by atomic mass is 32.1. The van der Waals surface area contributed by atoms with Crippen molar-refractivity contribution in [2.75, 3.05) is 13.1 Å². The van der Waals surface area contributed by atoms with Crippen molar-refractivity contribution in [1.29, 1.82) is 0 Å². The van der Waals surface area contributed by atoms with Crippen molar-refractivity contribution in [3.63, 3.8) is 0 Å². The van der Waals surface area contributed by atoms with E-state index in [0.717, 1.165) is 5.92 Å². The molecule has 1 fully saturated rings. The Bertz CT molecular complexity index is 364. The van der Waals surface area contributed by atoms with Crippen LogP contribution in [0.25, 0.3) is 0 Å². The second-order valence-electron chi connectivity index (χ2n) is 5.64. The Morgan fingerprint density at radius 3 is 2.50 bits per heavy atom. The molecular weight excluding hydrogens is 240 g/mol. The molecule has 0 spiro atoms. The fraction of sp³-hybridized carbons (Fsp3) is 0.733. The number of rotatable bonds is 4. The van der Waals surface area contributed by atoms with Crippen LogP contribution >= 0.6 is 11.3 Å². The monoisotopic (exact) mass is 266 g/mol. The third-order valence-corrected chi connectivity index (χ3v) is 5.24. The van der Waals surface area contributed by atoms with Crippen LogP contribution in [-0.2, 0) is 0 Å². The minimum absolute atomic E-state index is 0.209. The van der Waals surface area contributed by atoms with Crippen molar-refractivity contribution < 1.29 is 0 Å².